The summed E-state index contributed by atoms with van der Waals surface area (Å²) in [6, 6.07) is 65.6. The van der Waals surface area contributed by atoms with Crippen molar-refractivity contribution in [2.75, 3.05) is 42.3 Å². The van der Waals surface area contributed by atoms with Crippen LogP contribution in [-0.2, 0) is 327 Å². The van der Waals surface area contributed by atoms with Crippen LogP contribution in [0, 0.1) is 36.1 Å². The van der Waals surface area contributed by atoms with Crippen LogP contribution in [0.3, 0.4) is 0 Å². The van der Waals surface area contributed by atoms with E-state index in [1.807, 2.05) is 224 Å². The van der Waals surface area contributed by atoms with Crippen molar-refractivity contribution in [1.29, 1.82) is 0 Å². The van der Waals surface area contributed by atoms with Crippen molar-refractivity contribution in [3.05, 3.63) is 268 Å². The molecule has 15 aromatic rings. The Labute approximate surface area is 945 Å². The predicted molar refractivity (Wildman–Crippen MR) is 423 cm³/mol. The van der Waals surface area contributed by atoms with Crippen LogP contribution in [0.4, 0.5) is 0 Å². The van der Waals surface area contributed by atoms with E-state index in [1.165, 1.54) is 44.8 Å². The third-order valence-electron chi connectivity index (χ3n) is 14.8. The number of halogens is 3. The number of ether oxygens (including phenoxy) is 3. The Morgan fingerprint density at radius 2 is 0.534 bits per heavy atom. The van der Waals surface area contributed by atoms with Crippen molar-refractivity contribution in [3.8, 4) is 57.2 Å². The zero-order chi connectivity index (χ0) is 74.0. The van der Waals surface area contributed by atoms with E-state index in [1.54, 1.807) is 44.4 Å². The molecular weight excluding hydrogens is 2380 g/mol. The van der Waals surface area contributed by atoms with E-state index >= 15 is 0 Å². The molecule has 0 fully saturated rings. The van der Waals surface area contributed by atoms with Gasteiger partial charge in [-0.2, -0.15) is 14.1 Å². The van der Waals surface area contributed by atoms with Crippen LogP contribution in [0.1, 0.15) is 48.6 Å². The van der Waals surface area contributed by atoms with Gasteiger partial charge in [-0.05, 0) is 191 Å². The van der Waals surface area contributed by atoms with Crippen LogP contribution in [-0.4, -0.2) is 155 Å². The number of phenols is 2. The number of carbonyl (C=O) groups is 3. The average Bonchev–Trinajstić information content (AvgIpc) is 1.67. The van der Waals surface area contributed by atoms with Gasteiger partial charge in [-0.25, -0.2) is 0 Å². The molecule has 0 atom stereocenters. The van der Waals surface area contributed by atoms with Crippen LogP contribution in [0.25, 0.3) is 88.9 Å². The van der Waals surface area contributed by atoms with E-state index in [4.69, 9.17) is 14.2 Å². The number of hydrogen-bond acceptors (Lipinski definition) is 20. The molecule has 0 saturated carbocycles. The monoisotopic (exact) mass is 2460 g/mol. The van der Waals surface area contributed by atoms with Gasteiger partial charge in [0.2, 0.25) is 0 Å². The summed E-state index contributed by atoms with van der Waals surface area (Å²) in [4.78, 5) is 45.4. The van der Waals surface area contributed by atoms with E-state index in [2.05, 4.69) is 82.0 Å². The van der Waals surface area contributed by atoms with Gasteiger partial charge in [0.1, 0.15) is 95.1 Å². The van der Waals surface area contributed by atoms with Crippen LogP contribution in [0.2, 0.25) is 0 Å². The van der Waals surface area contributed by atoms with Crippen molar-refractivity contribution < 1.29 is 367 Å². The maximum Gasteiger partial charge on any atom is 0.308 e. The first-order chi connectivity index (χ1) is 50.1. The van der Waals surface area contributed by atoms with E-state index in [-0.39, 0.29) is 380 Å². The molecule has 597 valence electrons. The Balaban J connectivity index is -0.000000435. The number of aromatic nitrogens is 15. The average molecular weight is 2470 g/mol. The molecule has 0 amide bonds. The zero-order valence-corrected chi connectivity index (χ0v) is 98.4. The molecule has 0 saturated heterocycles. The Kier molecular flexibility index (Phi) is 66.3. The maximum absolute atomic E-state index is 11.4. The van der Waals surface area contributed by atoms with Crippen LogP contribution < -0.4 is 48.2 Å². The quantitative estimate of drug-likeness (QED) is 0.0471. The molecule has 9 radical (unpaired) electrons. The summed E-state index contributed by atoms with van der Waals surface area (Å²) in [6.07, 6.45) is 0. The molecule has 0 spiro atoms. The first kappa shape index (κ1) is 125. The summed E-state index contributed by atoms with van der Waals surface area (Å²) < 4.78 is 15.8. The number of fused-ring (bicyclic) bond motifs is 5. The first-order valence-electron chi connectivity index (χ1n) is 32.6. The standard InChI is InChI=1S/C17H18N4O2.C15H12BrN3O2.C15H16N4O.C15H13N3O2.C13H11N3O.C2H6N.3CH3.2BrH.9Y/c1-12(22)23-17-9-8-13(11-20(2)3)10-16(17)21-18-14-6-4-5-7-15(14)19-21;1-10(20)21-15-7-6-11(9-16)8-14(15)19-17-12-4-2-3-5-13(12)18-19;1-18(2)10-11-7-8-15(20)14(9-11)19-16-12-5-3-4-6-13(12)17-19;1-10-7-8-15(20-11(2)19)14(9-10)18-16-12-5-3-4-6-13(12)17-18;1-9-6-7-13(17)12(8-9)16-14-10-4-2-3-5-11(10)15-16;1-3-2;;;;;;;;;;;;;;/h4-10H,11H2,1-3H3;2-8H,9H2,1H3;3-9,20H,10H2,1-2H3;3-9H,1-2H3;2-8,17H,1H3;1-2H3;3*1H3;2*1H;;;;;;;;;/q;;;;;4*-1;;;;;;;;;;;/p-2. The molecule has 5 aromatic heterocycles. The largest absolute Gasteiger partial charge is 1.00 e. The number of aromatic hydroxyl groups is 2. The van der Waals surface area contributed by atoms with E-state index in [9.17, 15) is 24.6 Å². The van der Waals surface area contributed by atoms with Gasteiger partial charge in [-0.1, -0.05) is 107 Å². The van der Waals surface area contributed by atoms with Gasteiger partial charge in [0.15, 0.2) is 17.2 Å². The zero-order valence-electron chi connectivity index (χ0n) is 68.1. The van der Waals surface area contributed by atoms with Gasteiger partial charge < -0.3 is 95.8 Å². The number of carbonyl (C=O) groups excluding carboxylic acids is 3. The minimum Gasteiger partial charge on any atom is -1.00 e. The molecule has 0 bridgehead atoms. The van der Waals surface area contributed by atoms with Gasteiger partial charge in [0.25, 0.3) is 0 Å². The molecule has 38 heteroatoms. The van der Waals surface area contributed by atoms with Gasteiger partial charge in [0, 0.05) is 334 Å². The predicted octanol–water partition coefficient (Wildman–Crippen LogP) is 8.88. The minimum atomic E-state index is -0.375. The van der Waals surface area contributed by atoms with Crippen molar-refractivity contribution in [3.63, 3.8) is 0 Å². The Bertz CT molecular complexity index is 5370. The van der Waals surface area contributed by atoms with Gasteiger partial charge in [0.05, 0.1) is 0 Å². The van der Waals surface area contributed by atoms with Crippen molar-refractivity contribution in [1.82, 2.24) is 84.8 Å². The fourth-order valence-corrected chi connectivity index (χ4v) is 10.7. The van der Waals surface area contributed by atoms with E-state index in [0.717, 1.165) is 96.1 Å². The fourth-order valence-electron chi connectivity index (χ4n) is 10.3. The molecule has 26 nitrogen and oxygen atoms in total. The Hall–Kier alpha value is -1.53. The van der Waals surface area contributed by atoms with Crippen LogP contribution in [0.15, 0.2) is 212 Å². The molecule has 15 rings (SSSR count). The number of alkyl halides is 1. The Morgan fingerprint density at radius 1 is 0.339 bits per heavy atom. The third kappa shape index (κ3) is 36.7. The van der Waals surface area contributed by atoms with Gasteiger partial charge in [-0.3, -0.25) is 14.4 Å². The smallest absolute Gasteiger partial charge is 0.308 e. The maximum atomic E-state index is 11.4. The van der Waals surface area contributed by atoms with Crippen molar-refractivity contribution in [2.45, 2.75) is 53.0 Å². The van der Waals surface area contributed by atoms with Crippen molar-refractivity contribution >= 4 is 89.0 Å². The number of aryl methyl sites for hydroxylation is 2. The first-order valence-corrected chi connectivity index (χ1v) is 33.7. The molecule has 10 aromatic carbocycles. The number of esters is 3. The minimum absolute atomic E-state index is 0. The summed E-state index contributed by atoms with van der Waals surface area (Å²) >= 11 is 3.42. The second-order valence-electron chi connectivity index (χ2n) is 24.1. The normalized spacial score (nSPS) is 9.54. The van der Waals surface area contributed by atoms with Gasteiger partial charge in [-0.15, -0.1) is 75.0 Å². The SMILES string of the molecule is CC(=O)Oc1ccc(C)cc1-n1nc2ccccc2n1.CC(=O)Oc1ccc(CBr)cc1-n1nc2ccccc2n1.CC(=O)Oc1ccc(CN(C)C)cc1-n1nc2ccccc2n1.CN(C)Cc1ccc(O)c(-n2nc3ccccc3n2)c1.C[N-]C.Cc1ccc(O)c(-n2nc3ccccc3n2)c1.[Br-].[Br-].[CH3-].[CH3-].[CH3-].[Y].[Y].[Y].[Y].[Y].[Y].[Y].[Y].[Y]. The summed E-state index contributed by atoms with van der Waals surface area (Å²) in [6.45, 7) is 9.62. The number of rotatable bonds is 13. The second-order valence-corrected chi connectivity index (χ2v) is 24.7. The second kappa shape index (κ2) is 62.6. The molecule has 2 N–H and O–H groups in total. The molecule has 0 aliphatic carbocycles. The summed E-state index contributed by atoms with van der Waals surface area (Å²) in [7, 11) is 11.5. The molecule has 118 heavy (non-hydrogen) atoms. The van der Waals surface area contributed by atoms with Gasteiger partial charge >= 0.3 is 17.9 Å². The van der Waals surface area contributed by atoms with E-state index in [0.29, 0.717) is 51.0 Å². The molecule has 0 unspecified atom stereocenters. The fraction of sp³-hybridized carbons (Fsp3) is 0.175. The molecule has 0 aliphatic rings. The molecule has 5 heterocycles. The Morgan fingerprint density at radius 3 is 0.797 bits per heavy atom. The molecular formula is C80H85Br3N18O8Y9-6. The van der Waals surface area contributed by atoms with Crippen LogP contribution >= 0.6 is 15.9 Å². The summed E-state index contributed by atoms with van der Waals surface area (Å²) in [5, 5.41) is 68.1. The van der Waals surface area contributed by atoms with Crippen molar-refractivity contribution in [2.24, 2.45) is 0 Å². The third-order valence-corrected chi connectivity index (χ3v) is 15.4. The number of hydrogen-bond donors (Lipinski definition) is 2. The topological polar surface area (TPSA) is 293 Å². The van der Waals surface area contributed by atoms with E-state index < -0.39 is 0 Å². The number of phenolic OH excluding ortho intramolecular Hbond substituents is 2. The van der Waals surface area contributed by atoms with Crippen LogP contribution in [0.5, 0.6) is 28.7 Å². The number of nitrogens with zero attached hydrogens (tertiary/aromatic N) is 18. The summed E-state index contributed by atoms with van der Waals surface area (Å²) in [5.41, 5.74) is 16.4. The molecule has 0 aliphatic heterocycles. The number of benzene rings is 10. The summed E-state index contributed by atoms with van der Waals surface area (Å²) in [5.74, 6) is 0.564.